The van der Waals surface area contributed by atoms with E-state index in [-0.39, 0.29) is 0 Å². The predicted octanol–water partition coefficient (Wildman–Crippen LogP) is -6.48. The second kappa shape index (κ2) is 9.28. The third-order valence-corrected chi connectivity index (χ3v) is 3.82. The van der Waals surface area contributed by atoms with E-state index in [2.05, 4.69) is 4.74 Å². The summed E-state index contributed by atoms with van der Waals surface area (Å²) >= 11 is 0. The zero-order valence-corrected chi connectivity index (χ0v) is 12.6. The molecule has 0 aromatic heterocycles. The third-order valence-electron chi connectivity index (χ3n) is 3.82. The first-order chi connectivity index (χ1) is 11.1. The first kappa shape index (κ1) is 21.6. The Morgan fingerprint density at radius 2 is 1.00 bits per heavy atom. The Labute approximate surface area is 136 Å². The van der Waals surface area contributed by atoms with E-state index in [0.29, 0.717) is 0 Å². The molecule has 0 spiro atoms. The highest BCUT2D eigenvalue weighted by molar-refractivity contribution is 4.90. The maximum Gasteiger partial charge on any atom is 0.184 e. The van der Waals surface area contributed by atoms with Gasteiger partial charge in [-0.2, -0.15) is 0 Å². The zero-order chi connectivity index (χ0) is 18.6. The van der Waals surface area contributed by atoms with Crippen LogP contribution in [0.2, 0.25) is 0 Å². The van der Waals surface area contributed by atoms with Crippen LogP contribution < -0.4 is 5.73 Å². The molecule has 2 heterocycles. The van der Waals surface area contributed by atoms with Gasteiger partial charge in [0.2, 0.25) is 0 Å². The molecule has 2 rings (SSSR count). The number of rotatable bonds is 2. The van der Waals surface area contributed by atoms with Crippen molar-refractivity contribution >= 4 is 0 Å². The van der Waals surface area contributed by atoms with Gasteiger partial charge in [0.15, 0.2) is 12.6 Å². The summed E-state index contributed by atoms with van der Waals surface area (Å²) in [4.78, 5) is 0. The van der Waals surface area contributed by atoms with Gasteiger partial charge >= 0.3 is 0 Å². The van der Waals surface area contributed by atoms with E-state index < -0.39 is 74.6 Å². The quantitative estimate of drug-likeness (QED) is 0.222. The summed E-state index contributed by atoms with van der Waals surface area (Å²) in [7, 11) is 0. The van der Waals surface area contributed by atoms with E-state index >= 15 is 0 Å². The van der Waals surface area contributed by atoms with Crippen LogP contribution >= 0.6 is 0 Å². The number of hydrogen-bond donors (Lipinski definition) is 10. The van der Waals surface area contributed by atoms with Gasteiger partial charge in [0.05, 0.1) is 19.3 Å². The molecule has 12 heteroatoms. The van der Waals surface area contributed by atoms with Gasteiger partial charge in [-0.15, -0.1) is 0 Å². The van der Waals surface area contributed by atoms with Gasteiger partial charge in [-0.25, -0.2) is 0 Å². The lowest BCUT2D eigenvalue weighted by molar-refractivity contribution is -0.286. The lowest BCUT2D eigenvalue weighted by Gasteiger charge is -2.38. The first-order valence-corrected chi connectivity index (χ1v) is 7.20. The van der Waals surface area contributed by atoms with Crippen LogP contribution in [-0.2, 0) is 9.47 Å². The molecule has 1 unspecified atom stereocenters. The predicted molar refractivity (Wildman–Crippen MR) is 73.9 cm³/mol. The molecule has 144 valence electrons. The van der Waals surface area contributed by atoms with Crippen molar-refractivity contribution in [1.29, 1.82) is 0 Å². The highest BCUT2D eigenvalue weighted by atomic mass is 16.6. The van der Waals surface area contributed by atoms with Gasteiger partial charge in [0.1, 0.15) is 42.7 Å². The summed E-state index contributed by atoms with van der Waals surface area (Å²) in [6.45, 7) is -0.996. The lowest BCUT2D eigenvalue weighted by Crippen LogP contribution is -2.61. The van der Waals surface area contributed by atoms with Crippen molar-refractivity contribution in [2.45, 2.75) is 61.3 Å². The van der Waals surface area contributed by atoms with Crippen molar-refractivity contribution in [2.24, 2.45) is 5.73 Å². The van der Waals surface area contributed by atoms with E-state index in [4.69, 9.17) is 46.2 Å². The minimum absolute atomic E-state index is 0.470. The molecule has 0 aliphatic carbocycles. The highest BCUT2D eigenvalue weighted by Crippen LogP contribution is 2.19. The second-order valence-corrected chi connectivity index (χ2v) is 5.53. The maximum absolute atomic E-state index is 9.20. The van der Waals surface area contributed by atoms with Crippen LogP contribution in [0.25, 0.3) is 0 Å². The number of nitrogens with two attached hydrogens (primary N) is 1. The molecule has 24 heavy (non-hydrogen) atoms. The Morgan fingerprint density at radius 3 is 1.46 bits per heavy atom. The molecule has 0 amide bonds. The Kier molecular flexibility index (Phi) is 8.34. The second-order valence-electron chi connectivity index (χ2n) is 5.53. The maximum atomic E-state index is 9.20. The van der Waals surface area contributed by atoms with E-state index in [9.17, 15) is 10.2 Å². The first-order valence-electron chi connectivity index (χ1n) is 7.20. The highest BCUT2D eigenvalue weighted by Gasteiger charge is 2.43. The number of aliphatic hydroxyl groups is 9. The molecular formula is C12H25NO11. The van der Waals surface area contributed by atoms with Gasteiger partial charge in [0, 0.05) is 0 Å². The Morgan fingerprint density at radius 1 is 0.583 bits per heavy atom. The standard InChI is InChI=1S/C6H13NO5.C6H12O6/c7-3-5(10)4(9)2(1-8)12-6(3)11;7-1-2-3(8)4(9)5(10)6(11)12-2/h2-6,8-11H,1,7H2;2-11H,1H2/t2-,3-,4+,5-,6?;2-,3+,4+,5-,6+/m11/s1. The van der Waals surface area contributed by atoms with E-state index in [1.807, 2.05) is 0 Å². The Hall–Kier alpha value is -0.480. The van der Waals surface area contributed by atoms with Crippen molar-refractivity contribution in [3.8, 4) is 0 Å². The summed E-state index contributed by atoms with van der Waals surface area (Å²) in [5, 5.41) is 80.7. The number of hydrogen-bond acceptors (Lipinski definition) is 12. The Bertz CT molecular complexity index is 331. The molecule has 12 nitrogen and oxygen atoms in total. The summed E-state index contributed by atoms with van der Waals surface area (Å²) in [5.74, 6) is 0. The van der Waals surface area contributed by atoms with Crippen molar-refractivity contribution in [3.05, 3.63) is 0 Å². The van der Waals surface area contributed by atoms with Gasteiger partial charge in [-0.05, 0) is 0 Å². The topological polar surface area (TPSA) is 227 Å². The lowest BCUT2D eigenvalue weighted by atomic mass is 9.98. The van der Waals surface area contributed by atoms with Crippen molar-refractivity contribution in [1.82, 2.24) is 0 Å². The zero-order valence-electron chi connectivity index (χ0n) is 12.6. The molecule has 2 aliphatic heterocycles. The van der Waals surface area contributed by atoms with Crippen LogP contribution in [0.1, 0.15) is 0 Å². The fraction of sp³-hybridized carbons (Fsp3) is 1.00. The molecule has 11 N–H and O–H groups in total. The minimum Gasteiger partial charge on any atom is -0.394 e. The van der Waals surface area contributed by atoms with Crippen molar-refractivity contribution in [3.63, 3.8) is 0 Å². The van der Waals surface area contributed by atoms with E-state index in [1.165, 1.54) is 0 Å². The van der Waals surface area contributed by atoms with Crippen molar-refractivity contribution < 1.29 is 55.4 Å². The SMILES string of the molecule is N[C@H]1C(O)O[C@H](CO)[C@H](O)[C@@H]1O.OC[C@H]1O[C@H](O)[C@H](O)[C@@H](O)[C@H]1O. The van der Waals surface area contributed by atoms with Crippen LogP contribution in [0.15, 0.2) is 0 Å². The summed E-state index contributed by atoms with van der Waals surface area (Å²) < 4.78 is 9.28. The van der Waals surface area contributed by atoms with Gasteiger partial charge in [-0.3, -0.25) is 0 Å². The number of ether oxygens (including phenoxy) is 2. The molecule has 2 aliphatic rings. The van der Waals surface area contributed by atoms with Crippen LogP contribution in [0.5, 0.6) is 0 Å². The number of aliphatic hydroxyl groups excluding tert-OH is 9. The normalized spacial score (nSPS) is 49.2. The van der Waals surface area contributed by atoms with E-state index in [1.54, 1.807) is 0 Å². The summed E-state index contributed by atoms with van der Waals surface area (Å²) in [6.07, 6.45) is -11.9. The summed E-state index contributed by atoms with van der Waals surface area (Å²) in [6, 6.07) is -1.04. The Balaban J connectivity index is 0.000000240. The molecule has 10 atom stereocenters. The average Bonchev–Trinajstić information content (AvgIpc) is 2.58. The van der Waals surface area contributed by atoms with Gasteiger partial charge < -0.3 is 61.2 Å². The fourth-order valence-corrected chi connectivity index (χ4v) is 2.20. The minimum atomic E-state index is -1.57. The smallest absolute Gasteiger partial charge is 0.184 e. The molecule has 2 saturated heterocycles. The van der Waals surface area contributed by atoms with Crippen LogP contribution in [-0.4, -0.2) is 121 Å². The largest absolute Gasteiger partial charge is 0.394 e. The average molecular weight is 359 g/mol. The summed E-state index contributed by atoms with van der Waals surface area (Å²) in [5.41, 5.74) is 5.26. The monoisotopic (exact) mass is 359 g/mol. The van der Waals surface area contributed by atoms with Crippen LogP contribution in [0.4, 0.5) is 0 Å². The third kappa shape index (κ3) is 4.78. The van der Waals surface area contributed by atoms with E-state index in [0.717, 1.165) is 0 Å². The van der Waals surface area contributed by atoms with Crippen LogP contribution in [0, 0.1) is 0 Å². The molecule has 0 radical (unpaired) electrons. The molecule has 0 aromatic carbocycles. The van der Waals surface area contributed by atoms with Crippen LogP contribution in [0.3, 0.4) is 0 Å². The molecule has 0 saturated carbocycles. The molecular weight excluding hydrogens is 334 g/mol. The molecule has 0 aromatic rings. The fourth-order valence-electron chi connectivity index (χ4n) is 2.20. The van der Waals surface area contributed by atoms with Gasteiger partial charge in [0.25, 0.3) is 0 Å². The van der Waals surface area contributed by atoms with Crippen molar-refractivity contribution in [2.75, 3.05) is 13.2 Å². The molecule has 2 fully saturated rings. The molecule has 0 bridgehead atoms. The van der Waals surface area contributed by atoms with Gasteiger partial charge in [-0.1, -0.05) is 0 Å².